The summed E-state index contributed by atoms with van der Waals surface area (Å²) in [5.74, 6) is -0.259. The van der Waals surface area contributed by atoms with Crippen LogP contribution >= 0.6 is 0 Å². The van der Waals surface area contributed by atoms with Crippen LogP contribution in [0.1, 0.15) is 5.56 Å². The molecule has 9 nitrogen and oxygen atoms in total. The number of nitrogens with two attached hydrogens (primary N) is 1. The predicted molar refractivity (Wildman–Crippen MR) is 60.6 cm³/mol. The minimum Gasteiger partial charge on any atom is -0.391 e. The third kappa shape index (κ3) is 1.87. The molecule has 1 aromatic heterocycles. The highest BCUT2D eigenvalue weighted by Crippen LogP contribution is 2.30. The number of anilines is 1. The van der Waals surface area contributed by atoms with Crippen LogP contribution in [-0.2, 0) is 10.5 Å². The summed E-state index contributed by atoms with van der Waals surface area (Å²) in [6.07, 6.45) is -1.77. The summed E-state index contributed by atoms with van der Waals surface area (Å²) in [4.78, 5) is 15.2. The van der Waals surface area contributed by atoms with Crippen LogP contribution in [0.2, 0.25) is 0 Å². The van der Waals surface area contributed by atoms with E-state index in [4.69, 9.17) is 15.7 Å². The van der Waals surface area contributed by atoms with Crippen molar-refractivity contribution in [3.05, 3.63) is 22.2 Å². The van der Waals surface area contributed by atoms with Crippen molar-refractivity contribution in [2.24, 2.45) is 0 Å². The number of aromatic nitrogens is 2. The summed E-state index contributed by atoms with van der Waals surface area (Å²) >= 11 is 0. The molecule has 0 bridgehead atoms. The minimum atomic E-state index is -1.87. The van der Waals surface area contributed by atoms with Gasteiger partial charge in [0.15, 0.2) is 0 Å². The monoisotopic (exact) mass is 268 g/mol. The number of nitrogens with zero attached hydrogens (tertiary/aromatic N) is 3. The van der Waals surface area contributed by atoms with Gasteiger partial charge in [-0.25, -0.2) is 4.79 Å². The van der Waals surface area contributed by atoms with E-state index in [1.807, 2.05) is 0 Å². The molecular formula is C10H12N4O5. The van der Waals surface area contributed by atoms with Crippen LogP contribution < -0.4 is 11.4 Å². The van der Waals surface area contributed by atoms with Crippen molar-refractivity contribution in [3.8, 4) is 6.07 Å². The van der Waals surface area contributed by atoms with Crippen LogP contribution in [0.3, 0.4) is 0 Å². The third-order valence-electron chi connectivity index (χ3n) is 3.04. The Labute approximate surface area is 107 Å². The van der Waals surface area contributed by atoms with Crippen LogP contribution in [-0.4, -0.2) is 50.3 Å². The Hall–Kier alpha value is -1.99. The van der Waals surface area contributed by atoms with Crippen molar-refractivity contribution >= 4 is 5.82 Å². The van der Waals surface area contributed by atoms with E-state index in [1.54, 1.807) is 6.07 Å². The fourth-order valence-electron chi connectivity index (χ4n) is 1.96. The first-order valence-corrected chi connectivity index (χ1v) is 5.37. The van der Waals surface area contributed by atoms with E-state index in [0.717, 1.165) is 10.8 Å². The molecule has 2 rings (SSSR count). The van der Waals surface area contributed by atoms with E-state index in [-0.39, 0.29) is 18.0 Å². The van der Waals surface area contributed by atoms with Crippen molar-refractivity contribution in [3.63, 3.8) is 0 Å². The second kappa shape index (κ2) is 4.60. The number of aliphatic hydroxyl groups excluding tert-OH is 3. The van der Waals surface area contributed by atoms with Gasteiger partial charge in [-0.2, -0.15) is 10.2 Å². The lowest BCUT2D eigenvalue weighted by Crippen LogP contribution is -2.53. The standard InChI is InChI=1S/C10H12N4O5/c11-1-5-2-14(9(18)13-8(5)12)10(4-15)7(17)6(16)3-19-10/h2,6-7,15-17H,3-4H2,(H2,12,13,18)/t6-,7+,10-/m0/s1. The van der Waals surface area contributed by atoms with Gasteiger partial charge in [0.2, 0.25) is 5.72 Å². The average molecular weight is 268 g/mol. The lowest BCUT2D eigenvalue weighted by Gasteiger charge is -2.31. The molecule has 2 heterocycles. The van der Waals surface area contributed by atoms with Gasteiger partial charge in [0.05, 0.1) is 13.2 Å². The first-order valence-electron chi connectivity index (χ1n) is 5.37. The van der Waals surface area contributed by atoms with Crippen molar-refractivity contribution in [1.82, 2.24) is 9.55 Å². The van der Waals surface area contributed by atoms with Crippen LogP contribution in [0.15, 0.2) is 11.0 Å². The molecule has 0 radical (unpaired) electrons. The predicted octanol–water partition coefficient (Wildman–Crippen LogP) is -2.91. The summed E-state index contributed by atoms with van der Waals surface area (Å²) in [5, 5.41) is 37.6. The lowest BCUT2D eigenvalue weighted by molar-refractivity contribution is -0.154. The highest BCUT2D eigenvalue weighted by molar-refractivity contribution is 5.46. The molecule has 5 N–H and O–H groups in total. The Balaban J connectivity index is 2.63. The Bertz CT molecular complexity index is 595. The first-order chi connectivity index (χ1) is 8.96. The zero-order valence-corrected chi connectivity index (χ0v) is 9.72. The van der Waals surface area contributed by atoms with Gasteiger partial charge >= 0.3 is 5.69 Å². The van der Waals surface area contributed by atoms with Crippen LogP contribution in [0.4, 0.5) is 5.82 Å². The highest BCUT2D eigenvalue weighted by Gasteiger charge is 2.51. The molecule has 19 heavy (non-hydrogen) atoms. The normalized spacial score (nSPS) is 30.2. The fourth-order valence-corrected chi connectivity index (χ4v) is 1.96. The van der Waals surface area contributed by atoms with E-state index >= 15 is 0 Å². The molecular weight excluding hydrogens is 256 g/mol. The van der Waals surface area contributed by atoms with E-state index in [0.29, 0.717) is 0 Å². The zero-order valence-electron chi connectivity index (χ0n) is 9.72. The van der Waals surface area contributed by atoms with Gasteiger partial charge in [-0.1, -0.05) is 0 Å². The number of ether oxygens (including phenoxy) is 1. The second-order valence-corrected chi connectivity index (χ2v) is 4.13. The van der Waals surface area contributed by atoms with Gasteiger partial charge in [-0.15, -0.1) is 0 Å². The summed E-state index contributed by atoms with van der Waals surface area (Å²) in [5.41, 5.74) is 2.50. The van der Waals surface area contributed by atoms with Crippen molar-refractivity contribution in [2.75, 3.05) is 18.9 Å². The van der Waals surface area contributed by atoms with Crippen molar-refractivity contribution in [1.29, 1.82) is 5.26 Å². The van der Waals surface area contributed by atoms with Gasteiger partial charge in [-0.05, 0) is 0 Å². The number of nitriles is 1. The Morgan fingerprint density at radius 2 is 2.37 bits per heavy atom. The SMILES string of the molecule is N#Cc1cn([C@@]2(CO)OC[C@H](O)[C@H]2O)c(=O)nc1N. The quantitative estimate of drug-likeness (QED) is 0.445. The molecule has 1 aromatic rings. The maximum Gasteiger partial charge on any atom is 0.352 e. The van der Waals surface area contributed by atoms with E-state index < -0.39 is 30.2 Å². The molecule has 1 saturated heterocycles. The average Bonchev–Trinajstić information content (AvgIpc) is 2.68. The molecule has 0 unspecified atom stereocenters. The molecule has 0 amide bonds. The number of rotatable bonds is 2. The van der Waals surface area contributed by atoms with Crippen molar-refractivity contribution < 1.29 is 20.1 Å². The maximum absolute atomic E-state index is 11.8. The number of hydrogen-bond donors (Lipinski definition) is 4. The summed E-state index contributed by atoms with van der Waals surface area (Å²) in [6.45, 7) is -1.04. The molecule has 1 fully saturated rings. The van der Waals surface area contributed by atoms with Gasteiger partial charge < -0.3 is 25.8 Å². The third-order valence-corrected chi connectivity index (χ3v) is 3.04. The molecule has 0 aromatic carbocycles. The molecule has 0 aliphatic carbocycles. The van der Waals surface area contributed by atoms with Gasteiger partial charge in [-0.3, -0.25) is 4.57 Å². The molecule has 1 aliphatic rings. The Kier molecular flexibility index (Phi) is 3.25. The number of nitrogen functional groups attached to an aromatic ring is 1. The van der Waals surface area contributed by atoms with Gasteiger partial charge in [0.1, 0.15) is 29.7 Å². The second-order valence-electron chi connectivity index (χ2n) is 4.13. The lowest BCUT2D eigenvalue weighted by atomic mass is 10.1. The number of aliphatic hydroxyl groups is 3. The topological polar surface area (TPSA) is 155 Å². The molecule has 0 saturated carbocycles. The highest BCUT2D eigenvalue weighted by atomic mass is 16.6. The molecule has 102 valence electrons. The molecule has 0 spiro atoms. The largest absolute Gasteiger partial charge is 0.391 e. The van der Waals surface area contributed by atoms with E-state index in [9.17, 15) is 20.1 Å². The number of hydrogen-bond acceptors (Lipinski definition) is 8. The van der Waals surface area contributed by atoms with Crippen LogP contribution in [0.25, 0.3) is 0 Å². The smallest absolute Gasteiger partial charge is 0.352 e. The van der Waals surface area contributed by atoms with Gasteiger partial charge in [0, 0.05) is 6.20 Å². The Morgan fingerprint density at radius 3 is 2.84 bits per heavy atom. The van der Waals surface area contributed by atoms with E-state index in [2.05, 4.69) is 4.98 Å². The van der Waals surface area contributed by atoms with Crippen molar-refractivity contribution in [2.45, 2.75) is 17.9 Å². The van der Waals surface area contributed by atoms with Gasteiger partial charge in [0.25, 0.3) is 0 Å². The Morgan fingerprint density at radius 1 is 1.68 bits per heavy atom. The summed E-state index contributed by atoms with van der Waals surface area (Å²) in [6, 6.07) is 1.73. The minimum absolute atomic E-state index is 0.107. The van der Waals surface area contributed by atoms with E-state index in [1.165, 1.54) is 0 Å². The molecule has 9 heteroatoms. The van der Waals surface area contributed by atoms with Crippen LogP contribution in [0.5, 0.6) is 0 Å². The zero-order chi connectivity index (χ0) is 14.2. The molecule has 3 atom stereocenters. The summed E-state index contributed by atoms with van der Waals surface area (Å²) in [7, 11) is 0. The van der Waals surface area contributed by atoms with Crippen LogP contribution in [0, 0.1) is 11.3 Å². The molecule has 1 aliphatic heterocycles. The fraction of sp³-hybridized carbons (Fsp3) is 0.500. The first kappa shape index (κ1) is 13.4. The summed E-state index contributed by atoms with van der Waals surface area (Å²) < 4.78 is 5.91. The maximum atomic E-state index is 11.8.